The third-order valence-corrected chi connectivity index (χ3v) is 4.37. The van der Waals surface area contributed by atoms with E-state index in [1.54, 1.807) is 0 Å². The number of hydrogen-bond acceptors (Lipinski definition) is 4. The van der Waals surface area contributed by atoms with Crippen molar-refractivity contribution in [2.75, 3.05) is 0 Å². The molecule has 0 spiro atoms. The van der Waals surface area contributed by atoms with Gasteiger partial charge in [0.1, 0.15) is 0 Å². The van der Waals surface area contributed by atoms with E-state index in [1.165, 1.54) is 48.5 Å². The van der Waals surface area contributed by atoms with E-state index >= 15 is 0 Å². The molecule has 0 saturated carbocycles. The maximum Gasteiger partial charge on any atom is 0.294 e. The third kappa shape index (κ3) is 3.23. The van der Waals surface area contributed by atoms with Crippen LogP contribution in [0, 0.1) is 0 Å². The van der Waals surface area contributed by atoms with E-state index in [9.17, 15) is 16.8 Å². The Hall–Kier alpha value is -1.74. The highest BCUT2D eigenvalue weighted by atomic mass is 32.2. The van der Waals surface area contributed by atoms with Gasteiger partial charge in [-0.2, -0.15) is 16.8 Å². The molecule has 0 aliphatic carbocycles. The Labute approximate surface area is 116 Å². The van der Waals surface area contributed by atoms with Crippen molar-refractivity contribution in [1.82, 2.24) is 0 Å². The van der Waals surface area contributed by atoms with Crippen LogP contribution < -0.4 is 0 Å². The first kappa shape index (κ1) is 14.7. The van der Waals surface area contributed by atoms with Gasteiger partial charge in [0.15, 0.2) is 0 Å². The summed E-state index contributed by atoms with van der Waals surface area (Å²) in [6, 6.07) is 10.9. The van der Waals surface area contributed by atoms with E-state index in [-0.39, 0.29) is 9.79 Å². The largest absolute Gasteiger partial charge is 0.294 e. The van der Waals surface area contributed by atoms with Crippen molar-refractivity contribution in [1.29, 1.82) is 0 Å². The summed E-state index contributed by atoms with van der Waals surface area (Å²) < 4.78 is 61.3. The number of hydrogen-bond donors (Lipinski definition) is 2. The Morgan fingerprint density at radius 3 is 1.00 bits per heavy atom. The van der Waals surface area contributed by atoms with Gasteiger partial charge in [-0.25, -0.2) is 0 Å². The van der Waals surface area contributed by atoms with Crippen molar-refractivity contribution in [3.8, 4) is 11.1 Å². The van der Waals surface area contributed by atoms with Gasteiger partial charge in [-0.1, -0.05) is 24.3 Å². The summed E-state index contributed by atoms with van der Waals surface area (Å²) in [5.74, 6) is 0. The highest BCUT2D eigenvalue weighted by Crippen LogP contribution is 2.22. The third-order valence-electron chi connectivity index (χ3n) is 2.64. The summed E-state index contributed by atoms with van der Waals surface area (Å²) in [6.45, 7) is 0. The predicted octanol–water partition coefficient (Wildman–Crippen LogP) is 1.85. The molecule has 0 atom stereocenters. The summed E-state index contributed by atoms with van der Waals surface area (Å²) in [6.07, 6.45) is 0. The van der Waals surface area contributed by atoms with Crippen LogP contribution >= 0.6 is 0 Å². The fraction of sp³-hybridized carbons (Fsp3) is 0. The van der Waals surface area contributed by atoms with E-state index in [4.69, 9.17) is 9.11 Å². The Balaban J connectivity index is 2.38. The maximum absolute atomic E-state index is 10.9. The molecular weight excluding hydrogens is 304 g/mol. The summed E-state index contributed by atoms with van der Waals surface area (Å²) in [4.78, 5) is -0.452. The molecule has 20 heavy (non-hydrogen) atoms. The molecule has 2 aromatic rings. The van der Waals surface area contributed by atoms with Gasteiger partial charge in [0.25, 0.3) is 20.2 Å². The van der Waals surface area contributed by atoms with Crippen molar-refractivity contribution in [2.45, 2.75) is 9.79 Å². The lowest BCUT2D eigenvalue weighted by atomic mass is 10.1. The number of rotatable bonds is 3. The van der Waals surface area contributed by atoms with E-state index in [2.05, 4.69) is 0 Å². The van der Waals surface area contributed by atoms with Crippen molar-refractivity contribution in [3.05, 3.63) is 48.5 Å². The molecular formula is C12H10O6S2. The lowest BCUT2D eigenvalue weighted by Gasteiger charge is -2.04. The van der Waals surface area contributed by atoms with Crippen molar-refractivity contribution in [2.24, 2.45) is 0 Å². The molecule has 0 amide bonds. The minimum Gasteiger partial charge on any atom is -0.282 e. The standard InChI is InChI=1S/C12H10O6S2/c13-19(14,15)11-5-1-9(2-6-11)10-3-7-12(8-4-10)20(16,17)18/h1-8H,(H,13,14,15)(H,16,17,18). The second-order valence-corrected chi connectivity index (χ2v) is 6.84. The Morgan fingerprint density at radius 1 is 0.550 bits per heavy atom. The lowest BCUT2D eigenvalue weighted by molar-refractivity contribution is 0.481. The van der Waals surface area contributed by atoms with Gasteiger partial charge >= 0.3 is 0 Å². The second-order valence-electron chi connectivity index (χ2n) is 4.00. The molecule has 8 heteroatoms. The minimum absolute atomic E-state index is 0.226. The fourth-order valence-corrected chi connectivity index (χ4v) is 2.60. The molecule has 0 aromatic heterocycles. The van der Waals surface area contributed by atoms with Crippen LogP contribution in [-0.4, -0.2) is 25.9 Å². The normalized spacial score (nSPS) is 12.3. The molecule has 0 radical (unpaired) electrons. The van der Waals surface area contributed by atoms with Crippen LogP contribution in [0.15, 0.2) is 58.3 Å². The predicted molar refractivity (Wildman–Crippen MR) is 71.5 cm³/mol. The van der Waals surface area contributed by atoms with Gasteiger partial charge in [-0.3, -0.25) is 9.11 Å². The minimum atomic E-state index is -4.24. The molecule has 6 nitrogen and oxygen atoms in total. The van der Waals surface area contributed by atoms with E-state index in [0.29, 0.717) is 11.1 Å². The van der Waals surface area contributed by atoms with Gasteiger partial charge in [0.2, 0.25) is 0 Å². The van der Waals surface area contributed by atoms with Crippen molar-refractivity contribution in [3.63, 3.8) is 0 Å². The average Bonchev–Trinajstić information content (AvgIpc) is 2.37. The monoisotopic (exact) mass is 314 g/mol. The lowest BCUT2D eigenvalue weighted by Crippen LogP contribution is -1.98. The topological polar surface area (TPSA) is 109 Å². The first-order valence-electron chi connectivity index (χ1n) is 5.33. The van der Waals surface area contributed by atoms with E-state index in [0.717, 1.165) is 0 Å². The quantitative estimate of drug-likeness (QED) is 0.837. The Kier molecular flexibility index (Phi) is 3.65. The summed E-state index contributed by atoms with van der Waals surface area (Å²) in [5, 5.41) is 0. The summed E-state index contributed by atoms with van der Waals surface area (Å²) in [5.41, 5.74) is 1.28. The highest BCUT2D eigenvalue weighted by Gasteiger charge is 2.11. The highest BCUT2D eigenvalue weighted by molar-refractivity contribution is 7.86. The second kappa shape index (κ2) is 4.98. The van der Waals surface area contributed by atoms with Gasteiger partial charge < -0.3 is 0 Å². The molecule has 0 saturated heterocycles. The molecule has 0 heterocycles. The molecule has 0 aliphatic heterocycles. The molecule has 106 valence electrons. The number of benzene rings is 2. The molecule has 0 bridgehead atoms. The fourth-order valence-electron chi connectivity index (χ4n) is 1.64. The first-order chi connectivity index (χ1) is 9.18. The van der Waals surface area contributed by atoms with E-state index in [1.807, 2.05) is 0 Å². The summed E-state index contributed by atoms with van der Waals surface area (Å²) in [7, 11) is -8.48. The van der Waals surface area contributed by atoms with Crippen LogP contribution in [0.5, 0.6) is 0 Å². The smallest absolute Gasteiger partial charge is 0.282 e. The molecule has 2 aromatic carbocycles. The van der Waals surface area contributed by atoms with Crippen LogP contribution in [0.25, 0.3) is 11.1 Å². The van der Waals surface area contributed by atoms with Crippen molar-refractivity contribution < 1.29 is 25.9 Å². The average molecular weight is 314 g/mol. The van der Waals surface area contributed by atoms with Gasteiger partial charge in [0.05, 0.1) is 9.79 Å². The van der Waals surface area contributed by atoms with Gasteiger partial charge in [-0.05, 0) is 35.4 Å². The zero-order valence-corrected chi connectivity index (χ0v) is 11.6. The molecule has 0 aliphatic rings. The van der Waals surface area contributed by atoms with Crippen LogP contribution in [0.2, 0.25) is 0 Å². The first-order valence-corrected chi connectivity index (χ1v) is 8.21. The van der Waals surface area contributed by atoms with Gasteiger partial charge in [0, 0.05) is 0 Å². The van der Waals surface area contributed by atoms with Crippen LogP contribution in [0.4, 0.5) is 0 Å². The molecule has 2 N–H and O–H groups in total. The molecule has 0 fully saturated rings. The van der Waals surface area contributed by atoms with Crippen LogP contribution in [0.3, 0.4) is 0 Å². The molecule has 0 unspecified atom stereocenters. The maximum atomic E-state index is 10.9. The van der Waals surface area contributed by atoms with E-state index < -0.39 is 20.2 Å². The van der Waals surface area contributed by atoms with Crippen LogP contribution in [0.1, 0.15) is 0 Å². The van der Waals surface area contributed by atoms with Gasteiger partial charge in [-0.15, -0.1) is 0 Å². The molecule has 2 rings (SSSR count). The SMILES string of the molecule is O=S(=O)(O)c1ccc(-c2ccc(S(=O)(=O)O)cc2)cc1. The summed E-state index contributed by atoms with van der Waals surface area (Å²) >= 11 is 0. The zero-order chi connectivity index (χ0) is 15.0. The van der Waals surface area contributed by atoms with Crippen molar-refractivity contribution >= 4 is 20.2 Å². The Bertz CT molecular complexity index is 745. The Morgan fingerprint density at radius 2 is 0.800 bits per heavy atom. The van der Waals surface area contributed by atoms with Crippen LogP contribution in [-0.2, 0) is 20.2 Å². The zero-order valence-electron chi connectivity index (χ0n) is 9.96.